The molecule has 2 rings (SSSR count). The average Bonchev–Trinajstić information content (AvgIpc) is 2.30. The Kier molecular flexibility index (Phi) is 3.53. The van der Waals surface area contributed by atoms with Crippen LogP contribution in [0.1, 0.15) is 27.2 Å². The monoisotopic (exact) mass is 170 g/mol. The lowest BCUT2D eigenvalue weighted by atomic mass is 9.96. The molecule has 0 saturated carbocycles. The molecule has 2 saturated heterocycles. The van der Waals surface area contributed by atoms with E-state index >= 15 is 0 Å². The quantitative estimate of drug-likeness (QED) is 0.590. The first-order chi connectivity index (χ1) is 5.75. The molecule has 1 N–H and O–H groups in total. The van der Waals surface area contributed by atoms with Crippen molar-refractivity contribution in [1.82, 2.24) is 10.2 Å². The van der Waals surface area contributed by atoms with Gasteiger partial charge in [-0.1, -0.05) is 13.8 Å². The molecule has 2 fully saturated rings. The summed E-state index contributed by atoms with van der Waals surface area (Å²) in [5.41, 5.74) is 0. The van der Waals surface area contributed by atoms with E-state index in [1.54, 1.807) is 0 Å². The predicted molar refractivity (Wildman–Crippen MR) is 53.3 cm³/mol. The van der Waals surface area contributed by atoms with Crippen molar-refractivity contribution in [3.8, 4) is 0 Å². The molecule has 0 amide bonds. The minimum atomic E-state index is 0.759. The van der Waals surface area contributed by atoms with Crippen LogP contribution >= 0.6 is 0 Å². The number of nitrogens with one attached hydrogen (secondary N) is 1. The third kappa shape index (κ3) is 1.99. The zero-order valence-electron chi connectivity index (χ0n) is 8.80. The highest BCUT2D eigenvalue weighted by Crippen LogP contribution is 2.25. The van der Waals surface area contributed by atoms with E-state index in [9.17, 15) is 0 Å². The molecule has 0 aliphatic carbocycles. The molecule has 3 atom stereocenters. The first-order valence-electron chi connectivity index (χ1n) is 5.20. The van der Waals surface area contributed by atoms with Crippen molar-refractivity contribution < 1.29 is 0 Å². The van der Waals surface area contributed by atoms with Crippen molar-refractivity contribution >= 4 is 0 Å². The van der Waals surface area contributed by atoms with Crippen LogP contribution in [0.4, 0.5) is 0 Å². The number of nitrogens with zero attached hydrogens (tertiary/aromatic N) is 1. The van der Waals surface area contributed by atoms with Gasteiger partial charge in [-0.2, -0.15) is 0 Å². The topological polar surface area (TPSA) is 15.3 Å². The number of hydrogen-bond acceptors (Lipinski definition) is 2. The highest BCUT2D eigenvalue weighted by Gasteiger charge is 2.35. The Morgan fingerprint density at radius 3 is 2.50 bits per heavy atom. The van der Waals surface area contributed by atoms with E-state index in [4.69, 9.17) is 0 Å². The van der Waals surface area contributed by atoms with E-state index in [0.717, 1.165) is 18.0 Å². The molecule has 3 unspecified atom stereocenters. The van der Waals surface area contributed by atoms with Gasteiger partial charge in [-0.05, 0) is 26.3 Å². The molecule has 0 aromatic carbocycles. The highest BCUT2D eigenvalue weighted by atomic mass is 15.2. The van der Waals surface area contributed by atoms with Gasteiger partial charge in [-0.15, -0.1) is 0 Å². The summed E-state index contributed by atoms with van der Waals surface area (Å²) in [6.07, 6.45) is 1.41. The zero-order chi connectivity index (χ0) is 9.14. The van der Waals surface area contributed by atoms with Crippen LogP contribution in [0.5, 0.6) is 0 Å². The molecular formula is C10H22N2. The van der Waals surface area contributed by atoms with Gasteiger partial charge in [-0.3, -0.25) is 0 Å². The molecule has 0 aromatic heterocycles. The van der Waals surface area contributed by atoms with Crippen LogP contribution in [0, 0.1) is 5.92 Å². The molecule has 0 radical (unpaired) electrons. The van der Waals surface area contributed by atoms with Gasteiger partial charge in [0.05, 0.1) is 0 Å². The van der Waals surface area contributed by atoms with E-state index in [2.05, 4.69) is 24.2 Å². The van der Waals surface area contributed by atoms with Crippen molar-refractivity contribution in [2.24, 2.45) is 5.92 Å². The van der Waals surface area contributed by atoms with Gasteiger partial charge in [-0.25, -0.2) is 0 Å². The van der Waals surface area contributed by atoms with E-state index in [0.29, 0.717) is 0 Å². The van der Waals surface area contributed by atoms with Crippen LogP contribution in [-0.4, -0.2) is 37.1 Å². The summed E-state index contributed by atoms with van der Waals surface area (Å²) >= 11 is 0. The fourth-order valence-corrected chi connectivity index (χ4v) is 2.36. The molecule has 2 heterocycles. The first kappa shape index (κ1) is 10.0. The molecule has 72 valence electrons. The van der Waals surface area contributed by atoms with Crippen LogP contribution in [0.3, 0.4) is 0 Å². The second kappa shape index (κ2) is 4.24. The Bertz CT molecular complexity index is 131. The van der Waals surface area contributed by atoms with E-state index in [1.165, 1.54) is 19.5 Å². The van der Waals surface area contributed by atoms with Crippen molar-refractivity contribution in [3.05, 3.63) is 0 Å². The van der Waals surface area contributed by atoms with Crippen molar-refractivity contribution in [2.75, 3.05) is 20.1 Å². The molecule has 2 bridgehead atoms. The lowest BCUT2D eigenvalue weighted by Crippen LogP contribution is -2.38. The maximum absolute atomic E-state index is 3.60. The Balaban J connectivity index is 0.000000336. The summed E-state index contributed by atoms with van der Waals surface area (Å²) in [5.74, 6) is 0.920. The van der Waals surface area contributed by atoms with Gasteiger partial charge in [0.1, 0.15) is 0 Å². The third-order valence-corrected chi connectivity index (χ3v) is 2.87. The number of likely N-dealkylation sites (N-methyl/N-ethyl adjacent to an activating group) is 1. The largest absolute Gasteiger partial charge is 0.310 e. The van der Waals surface area contributed by atoms with Crippen molar-refractivity contribution in [2.45, 2.75) is 39.3 Å². The molecule has 12 heavy (non-hydrogen) atoms. The van der Waals surface area contributed by atoms with Gasteiger partial charge in [0.25, 0.3) is 0 Å². The third-order valence-electron chi connectivity index (χ3n) is 2.87. The van der Waals surface area contributed by atoms with Crippen molar-refractivity contribution in [1.29, 1.82) is 0 Å². The van der Waals surface area contributed by atoms with Crippen LogP contribution < -0.4 is 5.32 Å². The molecule has 2 aliphatic rings. The summed E-state index contributed by atoms with van der Waals surface area (Å²) < 4.78 is 0. The van der Waals surface area contributed by atoms with Crippen LogP contribution in [-0.2, 0) is 0 Å². The lowest BCUT2D eigenvalue weighted by Gasteiger charge is -2.27. The molecular weight excluding hydrogens is 148 g/mol. The summed E-state index contributed by atoms with van der Waals surface area (Å²) in [4.78, 5) is 2.44. The Morgan fingerprint density at radius 1 is 1.25 bits per heavy atom. The predicted octanol–water partition coefficient (Wildman–Crippen LogP) is 1.32. The minimum absolute atomic E-state index is 0.759. The minimum Gasteiger partial charge on any atom is -0.310 e. The van der Waals surface area contributed by atoms with E-state index in [-0.39, 0.29) is 0 Å². The van der Waals surface area contributed by atoms with E-state index < -0.39 is 0 Å². The molecule has 0 spiro atoms. The summed E-state index contributed by atoms with van der Waals surface area (Å²) in [7, 11) is 2.22. The fraction of sp³-hybridized carbons (Fsp3) is 1.00. The van der Waals surface area contributed by atoms with Gasteiger partial charge >= 0.3 is 0 Å². The molecule has 2 heteroatoms. The van der Waals surface area contributed by atoms with Crippen LogP contribution in [0.25, 0.3) is 0 Å². The number of likely N-dealkylation sites (tertiary alicyclic amines) is 1. The Morgan fingerprint density at radius 2 is 1.92 bits per heavy atom. The normalized spacial score (nSPS) is 40.5. The Labute approximate surface area is 76.3 Å². The highest BCUT2D eigenvalue weighted by molar-refractivity contribution is 4.94. The summed E-state index contributed by atoms with van der Waals surface area (Å²) in [6, 6.07) is 1.55. The van der Waals surface area contributed by atoms with Crippen molar-refractivity contribution in [3.63, 3.8) is 0 Å². The standard InChI is InChI=1S/C8H16N2.C2H6/c1-6-7-3-8(9-6)5-10(2)4-7;1-2/h6-9H,3-5H2,1-2H3;1-2H3. The van der Waals surface area contributed by atoms with Gasteiger partial charge in [0.15, 0.2) is 0 Å². The second-order valence-electron chi connectivity index (χ2n) is 3.87. The van der Waals surface area contributed by atoms with Gasteiger partial charge < -0.3 is 10.2 Å². The molecule has 0 aromatic rings. The SMILES string of the molecule is CC.CC1NC2CC1CN(C)C2. The Hall–Kier alpha value is -0.0800. The number of piperidine rings is 1. The average molecular weight is 170 g/mol. The lowest BCUT2D eigenvalue weighted by molar-refractivity contribution is 0.226. The molecule has 2 aliphatic heterocycles. The maximum Gasteiger partial charge on any atom is 0.0201 e. The summed E-state index contributed by atoms with van der Waals surface area (Å²) in [6.45, 7) is 8.86. The summed E-state index contributed by atoms with van der Waals surface area (Å²) in [5, 5.41) is 3.60. The number of hydrogen-bond donors (Lipinski definition) is 1. The second-order valence-corrected chi connectivity index (χ2v) is 3.87. The first-order valence-corrected chi connectivity index (χ1v) is 5.20. The van der Waals surface area contributed by atoms with Gasteiger partial charge in [0.2, 0.25) is 0 Å². The number of fused-ring (bicyclic) bond motifs is 2. The fourth-order valence-electron chi connectivity index (χ4n) is 2.36. The maximum atomic E-state index is 3.60. The number of rotatable bonds is 0. The van der Waals surface area contributed by atoms with Crippen LogP contribution in [0.2, 0.25) is 0 Å². The zero-order valence-corrected chi connectivity index (χ0v) is 8.80. The van der Waals surface area contributed by atoms with Gasteiger partial charge in [0, 0.05) is 25.2 Å². The smallest absolute Gasteiger partial charge is 0.0201 e. The molecule has 2 nitrogen and oxygen atoms in total. The van der Waals surface area contributed by atoms with E-state index in [1.807, 2.05) is 13.8 Å². The van der Waals surface area contributed by atoms with Crippen LogP contribution in [0.15, 0.2) is 0 Å².